The van der Waals surface area contributed by atoms with Gasteiger partial charge in [0.2, 0.25) is 10.0 Å². The number of ether oxygens (including phenoxy) is 1. The lowest BCUT2D eigenvalue weighted by atomic mass is 9.78. The maximum Gasteiger partial charge on any atom is 0.497 e. The Balaban J connectivity index is 2.00. The Morgan fingerprint density at radius 1 is 1.09 bits per heavy atom. The van der Waals surface area contributed by atoms with E-state index in [1.807, 2.05) is 27.7 Å². The summed E-state index contributed by atoms with van der Waals surface area (Å²) in [6.07, 6.45) is 1.55. The fourth-order valence-electron chi connectivity index (χ4n) is 4.06. The number of carbonyl (C=O) groups excluding carboxylic acids is 1. The maximum absolute atomic E-state index is 13.7. The molecule has 0 aliphatic carbocycles. The highest BCUT2D eigenvalue weighted by molar-refractivity contribution is 7.89. The van der Waals surface area contributed by atoms with Crippen molar-refractivity contribution in [2.24, 2.45) is 7.05 Å². The van der Waals surface area contributed by atoms with Crippen molar-refractivity contribution < 1.29 is 27.3 Å². The number of nitrogens with zero attached hydrogens (tertiary/aromatic N) is 2. The van der Waals surface area contributed by atoms with Gasteiger partial charge < -0.3 is 18.6 Å². The number of carbonyl (C=O) groups is 1. The van der Waals surface area contributed by atoms with Crippen LogP contribution in [0.3, 0.4) is 0 Å². The number of pyridine rings is 1. The predicted octanol–water partition coefficient (Wildman–Crippen LogP) is 2.19. The van der Waals surface area contributed by atoms with Crippen LogP contribution in [-0.4, -0.2) is 47.9 Å². The molecule has 0 spiro atoms. The highest BCUT2D eigenvalue weighted by Crippen LogP contribution is 2.37. The fourth-order valence-corrected chi connectivity index (χ4v) is 5.69. The van der Waals surface area contributed by atoms with E-state index in [4.69, 9.17) is 14.0 Å². The molecule has 4 rings (SSSR count). The molecule has 0 N–H and O–H groups in total. The van der Waals surface area contributed by atoms with E-state index in [-0.39, 0.29) is 23.2 Å². The van der Waals surface area contributed by atoms with Gasteiger partial charge in [0.1, 0.15) is 11.2 Å². The number of rotatable bonds is 6. The molecule has 0 bridgehead atoms. The second-order valence-electron chi connectivity index (χ2n) is 9.61. The molecule has 3 heterocycles. The van der Waals surface area contributed by atoms with Gasteiger partial charge in [-0.05, 0) is 46.2 Å². The Bertz CT molecular complexity index is 1440. The second-order valence-corrected chi connectivity index (χ2v) is 11.4. The molecule has 11 heteroatoms. The third-order valence-corrected chi connectivity index (χ3v) is 8.22. The fraction of sp³-hybridized carbons (Fsp3) is 0.417. The highest BCUT2D eigenvalue weighted by atomic mass is 32.2. The van der Waals surface area contributed by atoms with Crippen LogP contribution in [-0.2, 0) is 36.9 Å². The summed E-state index contributed by atoms with van der Waals surface area (Å²) in [7, 11) is -3.56. The second kappa shape index (κ2) is 8.65. The van der Waals surface area contributed by atoms with Crippen LogP contribution < -0.4 is 11.0 Å². The van der Waals surface area contributed by atoms with Gasteiger partial charge in [-0.3, -0.25) is 4.79 Å². The average Bonchev–Trinajstić information content (AvgIpc) is 3.27. The number of hydrogen-bond acceptors (Lipinski definition) is 7. The van der Waals surface area contributed by atoms with Crippen LogP contribution in [0, 0.1) is 0 Å². The van der Waals surface area contributed by atoms with Crippen LogP contribution in [0.2, 0.25) is 0 Å². The molecule has 1 fully saturated rings. The van der Waals surface area contributed by atoms with Gasteiger partial charge in [0.05, 0.1) is 23.6 Å². The average molecular weight is 500 g/mol. The Morgan fingerprint density at radius 2 is 1.69 bits per heavy atom. The van der Waals surface area contributed by atoms with E-state index in [9.17, 15) is 18.0 Å². The smallest absolute Gasteiger partial charge is 0.461 e. The molecule has 0 atom stereocenters. The molecule has 3 aromatic rings. The molecule has 1 saturated heterocycles. The molecular weight excluding hydrogens is 471 g/mol. The van der Waals surface area contributed by atoms with E-state index in [1.165, 1.54) is 17.7 Å². The van der Waals surface area contributed by atoms with Gasteiger partial charge in [0.15, 0.2) is 0 Å². The standard InChI is InChI=1S/C24H29BN2O7S/c1-7-32-22(29)19-13-17-18(25-33-23(2,3)24(4,5)34-25)14-26(6)21(28)20(17)27(19)35(30,31)15-16-11-9-8-10-12-16/h8-14H,7,15H2,1-6H3. The zero-order valence-electron chi connectivity index (χ0n) is 20.7. The number of aryl methyl sites for hydroxylation is 1. The lowest BCUT2D eigenvalue weighted by Crippen LogP contribution is -2.41. The molecule has 0 radical (unpaired) electrons. The summed E-state index contributed by atoms with van der Waals surface area (Å²) in [5.41, 5.74) is -1.34. The van der Waals surface area contributed by atoms with Crippen molar-refractivity contribution in [3.63, 3.8) is 0 Å². The summed E-state index contributed by atoms with van der Waals surface area (Å²) in [6, 6.07) is 9.93. The number of benzene rings is 1. The van der Waals surface area contributed by atoms with Crippen LogP contribution >= 0.6 is 0 Å². The SMILES string of the molecule is CCOC(=O)c1cc2c(B3OC(C)(C)C(C)(C)O3)cn(C)c(=O)c2n1S(=O)(=O)Cc1ccccc1. The van der Waals surface area contributed by atoms with Gasteiger partial charge in [-0.1, -0.05) is 30.3 Å². The quantitative estimate of drug-likeness (QED) is 0.377. The lowest BCUT2D eigenvalue weighted by Gasteiger charge is -2.32. The van der Waals surface area contributed by atoms with Crippen molar-refractivity contribution in [2.45, 2.75) is 51.6 Å². The van der Waals surface area contributed by atoms with Gasteiger partial charge in [-0.15, -0.1) is 0 Å². The zero-order valence-corrected chi connectivity index (χ0v) is 21.5. The van der Waals surface area contributed by atoms with Crippen LogP contribution in [0.15, 0.2) is 47.4 Å². The summed E-state index contributed by atoms with van der Waals surface area (Å²) in [5, 5.41) is 0.256. The van der Waals surface area contributed by atoms with Crippen LogP contribution in [0.25, 0.3) is 10.9 Å². The summed E-state index contributed by atoms with van der Waals surface area (Å²) >= 11 is 0. The van der Waals surface area contributed by atoms with E-state index in [2.05, 4.69) is 0 Å². The number of fused-ring (bicyclic) bond motifs is 1. The molecule has 2 aromatic heterocycles. The lowest BCUT2D eigenvalue weighted by molar-refractivity contribution is 0.00578. The van der Waals surface area contributed by atoms with Gasteiger partial charge in [0.25, 0.3) is 5.56 Å². The minimum absolute atomic E-state index is 0.0428. The first kappa shape index (κ1) is 25.2. The van der Waals surface area contributed by atoms with Crippen LogP contribution in [0.1, 0.15) is 50.7 Å². The first-order valence-electron chi connectivity index (χ1n) is 11.3. The van der Waals surface area contributed by atoms with Gasteiger partial charge in [-0.2, -0.15) is 0 Å². The largest absolute Gasteiger partial charge is 0.497 e. The summed E-state index contributed by atoms with van der Waals surface area (Å²) in [4.78, 5) is 26.2. The number of aromatic nitrogens is 2. The molecule has 9 nitrogen and oxygen atoms in total. The minimum Gasteiger partial charge on any atom is -0.461 e. The van der Waals surface area contributed by atoms with E-state index in [1.54, 1.807) is 43.5 Å². The monoisotopic (exact) mass is 500 g/mol. The Hall–Kier alpha value is -2.89. The first-order chi connectivity index (χ1) is 16.3. The van der Waals surface area contributed by atoms with Crippen LogP contribution in [0.5, 0.6) is 0 Å². The molecule has 0 unspecified atom stereocenters. The van der Waals surface area contributed by atoms with Crippen molar-refractivity contribution >= 4 is 39.5 Å². The van der Waals surface area contributed by atoms with E-state index in [0.717, 1.165) is 3.97 Å². The maximum atomic E-state index is 13.7. The van der Waals surface area contributed by atoms with Crippen molar-refractivity contribution in [3.05, 3.63) is 64.2 Å². The van der Waals surface area contributed by atoms with Crippen LogP contribution in [0.4, 0.5) is 0 Å². The highest BCUT2D eigenvalue weighted by Gasteiger charge is 2.52. The molecule has 1 aliphatic rings. The van der Waals surface area contributed by atoms with Crippen molar-refractivity contribution in [2.75, 3.05) is 6.61 Å². The normalized spacial score (nSPS) is 17.1. The minimum atomic E-state index is -4.19. The van der Waals surface area contributed by atoms with E-state index < -0.39 is 45.6 Å². The molecule has 1 aliphatic heterocycles. The number of esters is 1. The molecule has 1 aromatic carbocycles. The molecule has 186 valence electrons. The summed E-state index contributed by atoms with van der Waals surface area (Å²) < 4.78 is 46.9. The Kier molecular flexibility index (Phi) is 6.23. The van der Waals surface area contributed by atoms with E-state index in [0.29, 0.717) is 11.0 Å². The van der Waals surface area contributed by atoms with Gasteiger partial charge in [0, 0.05) is 24.1 Å². The Labute approximate surface area is 204 Å². The topological polar surface area (TPSA) is 106 Å². The Morgan fingerprint density at radius 3 is 2.26 bits per heavy atom. The molecule has 0 amide bonds. The predicted molar refractivity (Wildman–Crippen MR) is 133 cm³/mol. The van der Waals surface area contributed by atoms with Gasteiger partial charge in [-0.25, -0.2) is 17.2 Å². The number of hydrogen-bond donors (Lipinski definition) is 0. The van der Waals surface area contributed by atoms with Crippen molar-refractivity contribution in [3.8, 4) is 0 Å². The molecule has 35 heavy (non-hydrogen) atoms. The summed E-state index contributed by atoms with van der Waals surface area (Å²) in [5.74, 6) is -1.25. The van der Waals surface area contributed by atoms with Gasteiger partial charge >= 0.3 is 13.1 Å². The first-order valence-corrected chi connectivity index (χ1v) is 12.9. The summed E-state index contributed by atoms with van der Waals surface area (Å²) in [6.45, 7) is 9.24. The third kappa shape index (κ3) is 4.32. The third-order valence-electron chi connectivity index (χ3n) is 6.59. The van der Waals surface area contributed by atoms with E-state index >= 15 is 0 Å². The molecular formula is C24H29BN2O7S. The molecule has 0 saturated carbocycles. The van der Waals surface area contributed by atoms with Crippen molar-refractivity contribution in [1.82, 2.24) is 8.54 Å². The zero-order chi connectivity index (χ0) is 25.8. The van der Waals surface area contributed by atoms with Crippen molar-refractivity contribution in [1.29, 1.82) is 0 Å².